The van der Waals surface area contributed by atoms with Crippen LogP contribution in [0, 0.1) is 0 Å². The first-order chi connectivity index (χ1) is 14.0. The fourth-order valence-electron chi connectivity index (χ4n) is 2.77. The minimum absolute atomic E-state index is 0.0102. The molecule has 4 aromatic rings. The van der Waals surface area contributed by atoms with Gasteiger partial charge in [-0.3, -0.25) is 19.7 Å². The van der Waals surface area contributed by atoms with Crippen molar-refractivity contribution < 1.29 is 14.0 Å². The molecular weight excluding hydrogens is 392 g/mol. The third kappa shape index (κ3) is 3.94. The molecule has 0 spiro atoms. The summed E-state index contributed by atoms with van der Waals surface area (Å²) in [6.07, 6.45) is 1.40. The van der Waals surface area contributed by atoms with Crippen molar-refractivity contribution in [1.82, 2.24) is 15.3 Å². The molecule has 0 saturated carbocycles. The lowest BCUT2D eigenvalue weighted by Crippen LogP contribution is -2.21. The first-order valence-corrected chi connectivity index (χ1v) is 9.60. The van der Waals surface area contributed by atoms with Crippen molar-refractivity contribution in [2.75, 3.05) is 5.32 Å². The zero-order valence-electron chi connectivity index (χ0n) is 15.3. The van der Waals surface area contributed by atoms with E-state index in [1.165, 1.54) is 24.5 Å². The molecule has 2 amide bonds. The Balaban J connectivity index is 1.51. The number of rotatable bonds is 5. The largest absolute Gasteiger partial charge is 0.458 e. The number of pyridine rings is 1. The summed E-state index contributed by atoms with van der Waals surface area (Å²) in [4.78, 5) is 43.4. The van der Waals surface area contributed by atoms with E-state index in [1.807, 2.05) is 6.07 Å². The van der Waals surface area contributed by atoms with Gasteiger partial charge in [0.2, 0.25) is 11.3 Å². The van der Waals surface area contributed by atoms with E-state index in [1.54, 1.807) is 35.7 Å². The van der Waals surface area contributed by atoms with Gasteiger partial charge in [0.25, 0.3) is 5.91 Å². The summed E-state index contributed by atoms with van der Waals surface area (Å²) in [5.74, 6) is 0.427. The quantitative estimate of drug-likeness (QED) is 0.469. The monoisotopic (exact) mass is 408 g/mol. The Labute approximate surface area is 168 Å². The molecule has 0 aliphatic heterocycles. The van der Waals surface area contributed by atoms with Gasteiger partial charge in [0.05, 0.1) is 6.54 Å². The predicted octanol–water partition coefficient (Wildman–Crippen LogP) is 3.13. The lowest BCUT2D eigenvalue weighted by molar-refractivity contribution is -0.119. The van der Waals surface area contributed by atoms with Gasteiger partial charge in [-0.25, -0.2) is 4.98 Å². The maximum absolute atomic E-state index is 12.6. The van der Waals surface area contributed by atoms with Crippen LogP contribution in [-0.2, 0) is 11.3 Å². The van der Waals surface area contributed by atoms with E-state index in [-0.39, 0.29) is 23.4 Å². The number of fused-ring (bicyclic) bond motifs is 1. The van der Waals surface area contributed by atoms with Gasteiger partial charge in [-0.2, -0.15) is 0 Å². The third-order valence-electron chi connectivity index (χ3n) is 4.18. The highest BCUT2D eigenvalue weighted by Gasteiger charge is 2.16. The Bertz CT molecular complexity index is 1270. The molecule has 0 fully saturated rings. The van der Waals surface area contributed by atoms with Crippen molar-refractivity contribution in [3.8, 4) is 11.5 Å². The van der Waals surface area contributed by atoms with Gasteiger partial charge in [0.1, 0.15) is 17.0 Å². The van der Waals surface area contributed by atoms with Gasteiger partial charge in [0.15, 0.2) is 10.9 Å². The van der Waals surface area contributed by atoms with E-state index in [2.05, 4.69) is 20.6 Å². The second kappa shape index (κ2) is 7.72. The van der Waals surface area contributed by atoms with Gasteiger partial charge >= 0.3 is 0 Å². The van der Waals surface area contributed by atoms with E-state index in [4.69, 9.17) is 4.42 Å². The van der Waals surface area contributed by atoms with E-state index in [9.17, 15) is 14.4 Å². The predicted molar refractivity (Wildman–Crippen MR) is 110 cm³/mol. The van der Waals surface area contributed by atoms with Crippen LogP contribution in [0.25, 0.3) is 22.4 Å². The second-order valence-corrected chi connectivity index (χ2v) is 7.10. The summed E-state index contributed by atoms with van der Waals surface area (Å²) in [7, 11) is 0. The van der Waals surface area contributed by atoms with Crippen LogP contribution < -0.4 is 16.1 Å². The molecule has 3 aromatic heterocycles. The van der Waals surface area contributed by atoms with E-state index < -0.39 is 5.91 Å². The molecule has 0 atom stereocenters. The van der Waals surface area contributed by atoms with Gasteiger partial charge in [0, 0.05) is 29.4 Å². The van der Waals surface area contributed by atoms with E-state index >= 15 is 0 Å². The molecule has 0 aliphatic carbocycles. The fraction of sp³-hybridized carbons (Fsp3) is 0.100. The van der Waals surface area contributed by atoms with E-state index in [0.29, 0.717) is 33.2 Å². The molecule has 29 heavy (non-hydrogen) atoms. The number of furan rings is 1. The highest BCUT2D eigenvalue weighted by atomic mass is 32.1. The third-order valence-corrected chi connectivity index (χ3v) is 4.94. The number of thiazole rings is 1. The normalized spacial score (nSPS) is 10.8. The molecule has 0 unspecified atom stereocenters. The summed E-state index contributed by atoms with van der Waals surface area (Å²) in [5.41, 5.74) is 0.878. The number of amides is 2. The Morgan fingerprint density at radius 1 is 1.21 bits per heavy atom. The van der Waals surface area contributed by atoms with Crippen molar-refractivity contribution in [3.05, 3.63) is 69.5 Å². The Kier molecular flexibility index (Phi) is 4.96. The van der Waals surface area contributed by atoms with Crippen LogP contribution in [0.5, 0.6) is 0 Å². The number of nitrogens with one attached hydrogen (secondary N) is 3. The average Bonchev–Trinajstić information content (AvgIpc) is 3.36. The van der Waals surface area contributed by atoms with Crippen LogP contribution in [0.15, 0.2) is 57.2 Å². The molecule has 9 heteroatoms. The van der Waals surface area contributed by atoms with Gasteiger partial charge in [-0.05, 0) is 24.3 Å². The summed E-state index contributed by atoms with van der Waals surface area (Å²) >= 11 is 1.22. The molecule has 0 radical (unpaired) electrons. The maximum Gasteiger partial charge on any atom is 0.262 e. The summed E-state index contributed by atoms with van der Waals surface area (Å²) in [5, 5.41) is 7.83. The number of nitrogens with zero attached hydrogens (tertiary/aromatic N) is 1. The number of hydrogen-bond acceptors (Lipinski definition) is 6. The topological polar surface area (TPSA) is 117 Å². The van der Waals surface area contributed by atoms with Crippen LogP contribution in [0.4, 0.5) is 5.13 Å². The smallest absolute Gasteiger partial charge is 0.262 e. The molecule has 4 rings (SSSR count). The molecular formula is C20H16N4O4S. The molecule has 8 nitrogen and oxygen atoms in total. The Morgan fingerprint density at radius 3 is 2.86 bits per heavy atom. The number of aromatic amines is 1. The Hall–Kier alpha value is -3.72. The molecule has 3 heterocycles. The second-order valence-electron chi connectivity index (χ2n) is 6.24. The van der Waals surface area contributed by atoms with Crippen LogP contribution in [0.2, 0.25) is 0 Å². The van der Waals surface area contributed by atoms with Crippen LogP contribution in [0.3, 0.4) is 0 Å². The number of aromatic nitrogens is 2. The molecule has 0 bridgehead atoms. The van der Waals surface area contributed by atoms with Gasteiger partial charge < -0.3 is 14.7 Å². The standard InChI is InChI=1S/C20H16N4O4S/c1-11(25)21-8-12-6-7-17(28-12)16-10-29-20(23-16)24-19(27)14-9-22-15-5-3-2-4-13(15)18(14)26/h2-7,9-10H,8H2,1H3,(H,21,25)(H,22,26)(H,23,24,27). The van der Waals surface area contributed by atoms with Crippen LogP contribution in [-0.4, -0.2) is 21.8 Å². The van der Waals surface area contributed by atoms with Crippen molar-refractivity contribution in [1.29, 1.82) is 0 Å². The first-order valence-electron chi connectivity index (χ1n) is 8.72. The van der Waals surface area contributed by atoms with Crippen molar-refractivity contribution in [3.63, 3.8) is 0 Å². The number of carbonyl (C=O) groups excluding carboxylic acids is 2. The molecule has 1 aromatic carbocycles. The number of hydrogen-bond donors (Lipinski definition) is 3. The van der Waals surface area contributed by atoms with Gasteiger partial charge in [-0.15, -0.1) is 11.3 Å². The highest BCUT2D eigenvalue weighted by Crippen LogP contribution is 2.26. The zero-order chi connectivity index (χ0) is 20.4. The number of H-pyrrole nitrogens is 1. The maximum atomic E-state index is 12.6. The van der Waals surface area contributed by atoms with Crippen molar-refractivity contribution in [2.45, 2.75) is 13.5 Å². The number of para-hydroxylation sites is 1. The minimum atomic E-state index is -0.538. The number of anilines is 1. The summed E-state index contributed by atoms with van der Waals surface area (Å²) in [6.45, 7) is 1.72. The zero-order valence-corrected chi connectivity index (χ0v) is 16.1. The van der Waals surface area contributed by atoms with Crippen molar-refractivity contribution in [2.24, 2.45) is 0 Å². The number of benzene rings is 1. The van der Waals surface area contributed by atoms with E-state index in [0.717, 1.165) is 0 Å². The molecule has 0 saturated heterocycles. The fourth-order valence-corrected chi connectivity index (χ4v) is 3.46. The first kappa shape index (κ1) is 18.6. The Morgan fingerprint density at radius 2 is 2.03 bits per heavy atom. The lowest BCUT2D eigenvalue weighted by Gasteiger charge is -2.03. The number of carbonyl (C=O) groups is 2. The SMILES string of the molecule is CC(=O)NCc1ccc(-c2csc(NC(=O)c3c[nH]c4ccccc4c3=O)n2)o1. The molecule has 0 aliphatic rings. The molecule has 3 N–H and O–H groups in total. The van der Waals surface area contributed by atoms with Crippen LogP contribution >= 0.6 is 11.3 Å². The summed E-state index contributed by atoms with van der Waals surface area (Å²) in [6, 6.07) is 10.5. The summed E-state index contributed by atoms with van der Waals surface area (Å²) < 4.78 is 5.65. The van der Waals surface area contributed by atoms with Gasteiger partial charge in [-0.1, -0.05) is 12.1 Å². The minimum Gasteiger partial charge on any atom is -0.458 e. The van der Waals surface area contributed by atoms with Crippen LogP contribution in [0.1, 0.15) is 23.0 Å². The molecule has 146 valence electrons. The average molecular weight is 408 g/mol. The lowest BCUT2D eigenvalue weighted by atomic mass is 10.1. The highest BCUT2D eigenvalue weighted by molar-refractivity contribution is 7.14. The van der Waals surface area contributed by atoms with Crippen molar-refractivity contribution >= 4 is 39.2 Å².